The first-order valence-corrected chi connectivity index (χ1v) is 12.5. The van der Waals surface area contributed by atoms with Crippen molar-refractivity contribution in [3.8, 4) is 0 Å². The van der Waals surface area contributed by atoms with Crippen molar-refractivity contribution in [2.75, 3.05) is 27.3 Å². The number of nitrogens with zero attached hydrogens (tertiary/aromatic N) is 2. The van der Waals surface area contributed by atoms with Crippen molar-refractivity contribution in [2.24, 2.45) is 0 Å². The van der Waals surface area contributed by atoms with E-state index in [0.717, 1.165) is 0 Å². The van der Waals surface area contributed by atoms with Crippen molar-refractivity contribution in [3.63, 3.8) is 0 Å². The largest absolute Gasteiger partial charge is 0.467 e. The maximum Gasteiger partial charge on any atom is 0.328 e. The molecular formula is C26H30N6O8. The molecule has 0 spiro atoms. The van der Waals surface area contributed by atoms with Crippen LogP contribution in [0.15, 0.2) is 36.4 Å². The molecule has 0 saturated heterocycles. The number of aromatic nitrogens is 2. The van der Waals surface area contributed by atoms with E-state index < -0.39 is 47.7 Å². The molecule has 2 aromatic rings. The summed E-state index contributed by atoms with van der Waals surface area (Å²) in [4.78, 5) is 83.6. The fraction of sp³-hybridized carbons (Fsp3) is 0.385. The van der Waals surface area contributed by atoms with Crippen LogP contribution in [0.5, 0.6) is 0 Å². The number of fused-ring (bicyclic) bond motifs is 4. The average Bonchev–Trinajstić information content (AvgIpc) is 2.98. The Morgan fingerprint density at radius 3 is 1.35 bits per heavy atom. The van der Waals surface area contributed by atoms with Crippen LogP contribution in [0.3, 0.4) is 0 Å². The van der Waals surface area contributed by atoms with Gasteiger partial charge in [0.1, 0.15) is 34.9 Å². The first-order valence-electron chi connectivity index (χ1n) is 12.5. The van der Waals surface area contributed by atoms with Gasteiger partial charge in [0.2, 0.25) is 0 Å². The van der Waals surface area contributed by atoms with Crippen LogP contribution in [-0.2, 0) is 19.1 Å². The third-order valence-electron chi connectivity index (χ3n) is 5.92. The summed E-state index contributed by atoms with van der Waals surface area (Å²) in [6.07, 6.45) is 0.818. The van der Waals surface area contributed by atoms with Crippen molar-refractivity contribution < 1.29 is 38.2 Å². The Labute approximate surface area is 229 Å². The number of ether oxygens (including phenoxy) is 2. The number of hydrogen-bond acceptors (Lipinski definition) is 10. The zero-order valence-electron chi connectivity index (χ0n) is 22.0. The summed E-state index contributed by atoms with van der Waals surface area (Å²) in [6.45, 7) is 0.297. The maximum atomic E-state index is 12.9. The minimum Gasteiger partial charge on any atom is -0.467 e. The van der Waals surface area contributed by atoms with Gasteiger partial charge in [0.15, 0.2) is 0 Å². The lowest BCUT2D eigenvalue weighted by Gasteiger charge is -2.18. The highest BCUT2D eigenvalue weighted by molar-refractivity contribution is 5.99. The molecule has 0 aromatic carbocycles. The Morgan fingerprint density at radius 1 is 0.650 bits per heavy atom. The van der Waals surface area contributed by atoms with Crippen LogP contribution in [-0.4, -0.2) is 84.9 Å². The van der Waals surface area contributed by atoms with Crippen LogP contribution >= 0.6 is 0 Å². The molecule has 0 aliphatic carbocycles. The zero-order chi connectivity index (χ0) is 29.1. The molecule has 0 radical (unpaired) electrons. The molecule has 14 nitrogen and oxygen atoms in total. The number of pyridine rings is 2. The average molecular weight is 555 g/mol. The van der Waals surface area contributed by atoms with E-state index in [0.29, 0.717) is 0 Å². The van der Waals surface area contributed by atoms with E-state index in [1.54, 1.807) is 0 Å². The summed E-state index contributed by atoms with van der Waals surface area (Å²) in [5, 5.41) is 10.4. The molecule has 4 amide bonds. The number of rotatable bonds is 2. The number of carbonyl (C=O) groups is 6. The van der Waals surface area contributed by atoms with Gasteiger partial charge in [0.05, 0.1) is 14.2 Å². The van der Waals surface area contributed by atoms with Crippen molar-refractivity contribution in [1.82, 2.24) is 31.2 Å². The Kier molecular flexibility index (Phi) is 10.6. The van der Waals surface area contributed by atoms with E-state index in [1.807, 2.05) is 0 Å². The van der Waals surface area contributed by atoms with E-state index in [4.69, 9.17) is 9.47 Å². The molecule has 3 heterocycles. The summed E-state index contributed by atoms with van der Waals surface area (Å²) in [7, 11) is 2.35. The van der Waals surface area contributed by atoms with E-state index in [1.165, 1.54) is 50.6 Å². The number of nitrogens with one attached hydrogen (secondary N) is 4. The monoisotopic (exact) mass is 554 g/mol. The smallest absolute Gasteiger partial charge is 0.328 e. The molecule has 0 saturated carbocycles. The lowest BCUT2D eigenvalue weighted by Crippen LogP contribution is -2.43. The highest BCUT2D eigenvalue weighted by Gasteiger charge is 2.25. The van der Waals surface area contributed by atoms with Gasteiger partial charge in [0.25, 0.3) is 23.6 Å². The van der Waals surface area contributed by atoms with Crippen LogP contribution in [0, 0.1) is 0 Å². The van der Waals surface area contributed by atoms with Gasteiger partial charge < -0.3 is 30.7 Å². The predicted octanol–water partition coefficient (Wildman–Crippen LogP) is -0.247. The first-order chi connectivity index (χ1) is 19.2. The standard InChI is InChI=1S/C26H30N6O8/c1-39-25(37)19-11-5-13-27-21(33)15-7-3-8-16(29-15)22(34)28-14-6-12-20(26(38)40-2)32-24(36)18-10-4-9-17(30-18)23(35)31-19/h3-4,7-10,19-20H,5-6,11-14H2,1-2H3,(H,27,33)(H,28,34)(H,31,35)(H,32,36). The lowest BCUT2D eigenvalue weighted by atomic mass is 10.1. The van der Waals surface area contributed by atoms with Gasteiger partial charge in [-0.25, -0.2) is 19.6 Å². The Morgan fingerprint density at radius 2 is 1.00 bits per heavy atom. The minimum absolute atomic E-state index is 0.0204. The van der Waals surface area contributed by atoms with Crippen LogP contribution in [0.1, 0.15) is 67.6 Å². The second-order valence-electron chi connectivity index (χ2n) is 8.71. The molecule has 40 heavy (non-hydrogen) atoms. The van der Waals surface area contributed by atoms with Crippen molar-refractivity contribution in [2.45, 2.75) is 37.8 Å². The van der Waals surface area contributed by atoms with Crippen molar-refractivity contribution >= 4 is 35.6 Å². The summed E-state index contributed by atoms with van der Waals surface area (Å²) < 4.78 is 9.56. The van der Waals surface area contributed by atoms with Gasteiger partial charge in [-0.2, -0.15) is 0 Å². The molecule has 0 fully saturated rings. The van der Waals surface area contributed by atoms with Crippen LogP contribution in [0.2, 0.25) is 0 Å². The number of amides is 4. The number of esters is 2. The number of carbonyl (C=O) groups excluding carboxylic acids is 6. The Balaban J connectivity index is 1.86. The van der Waals surface area contributed by atoms with E-state index >= 15 is 0 Å². The van der Waals surface area contributed by atoms with Gasteiger partial charge in [-0.3, -0.25) is 19.2 Å². The van der Waals surface area contributed by atoms with E-state index in [9.17, 15) is 28.8 Å². The van der Waals surface area contributed by atoms with Gasteiger partial charge in [-0.1, -0.05) is 12.1 Å². The topological polar surface area (TPSA) is 195 Å². The Bertz CT molecular complexity index is 1190. The quantitative estimate of drug-likeness (QED) is 0.360. The van der Waals surface area contributed by atoms with Gasteiger partial charge >= 0.3 is 11.9 Å². The molecule has 4 bridgehead atoms. The van der Waals surface area contributed by atoms with Gasteiger partial charge in [-0.05, 0) is 49.9 Å². The molecule has 212 valence electrons. The van der Waals surface area contributed by atoms with Gasteiger partial charge in [-0.15, -0.1) is 0 Å². The molecule has 2 aromatic heterocycles. The molecule has 1 aliphatic rings. The summed E-state index contributed by atoms with van der Waals surface area (Å²) in [6, 6.07) is 6.47. The van der Waals surface area contributed by atoms with Crippen LogP contribution in [0.25, 0.3) is 0 Å². The highest BCUT2D eigenvalue weighted by atomic mass is 16.5. The fourth-order valence-corrected chi connectivity index (χ4v) is 3.82. The van der Waals surface area contributed by atoms with Crippen molar-refractivity contribution in [3.05, 3.63) is 59.2 Å². The molecule has 2 unspecified atom stereocenters. The van der Waals surface area contributed by atoms with Gasteiger partial charge in [0, 0.05) is 13.1 Å². The van der Waals surface area contributed by atoms with Crippen LogP contribution in [0.4, 0.5) is 0 Å². The molecular weight excluding hydrogens is 524 g/mol. The predicted molar refractivity (Wildman–Crippen MR) is 138 cm³/mol. The summed E-state index contributed by atoms with van der Waals surface area (Å²) in [5.41, 5.74) is -0.236. The molecule has 1 aliphatic heterocycles. The molecule has 14 heteroatoms. The zero-order valence-corrected chi connectivity index (χ0v) is 22.0. The summed E-state index contributed by atoms with van der Waals surface area (Å²) in [5.74, 6) is -3.90. The second-order valence-corrected chi connectivity index (χ2v) is 8.71. The van der Waals surface area contributed by atoms with E-state index in [2.05, 4.69) is 31.2 Å². The maximum absolute atomic E-state index is 12.9. The molecule has 2 atom stereocenters. The highest BCUT2D eigenvalue weighted by Crippen LogP contribution is 2.07. The molecule has 3 rings (SSSR count). The SMILES string of the molecule is COC(=O)C1CCCNC(=O)c2cccc(n2)C(=O)NCCCC(C(=O)OC)NC(=O)c2cccc(n2)C(=O)N1. The van der Waals surface area contributed by atoms with Crippen LogP contribution < -0.4 is 21.3 Å². The summed E-state index contributed by atoms with van der Waals surface area (Å²) >= 11 is 0. The Hall–Kier alpha value is -4.88. The van der Waals surface area contributed by atoms with E-state index in [-0.39, 0.29) is 61.5 Å². The first kappa shape index (κ1) is 29.7. The fourth-order valence-electron chi connectivity index (χ4n) is 3.82. The third-order valence-corrected chi connectivity index (χ3v) is 5.92. The number of methoxy groups -OCH3 is 2. The third kappa shape index (κ3) is 8.06. The second kappa shape index (κ2) is 14.3. The minimum atomic E-state index is -1.06. The molecule has 4 N–H and O–H groups in total. The van der Waals surface area contributed by atoms with Crippen molar-refractivity contribution in [1.29, 1.82) is 0 Å². The normalized spacial score (nSPS) is 19.4. The lowest BCUT2D eigenvalue weighted by molar-refractivity contribution is -0.143. The number of hydrogen-bond donors (Lipinski definition) is 4.